The van der Waals surface area contributed by atoms with Crippen molar-refractivity contribution in [3.05, 3.63) is 42.5 Å². The first kappa shape index (κ1) is 19.5. The Morgan fingerprint density at radius 1 is 1.07 bits per heavy atom. The van der Waals surface area contributed by atoms with Gasteiger partial charge in [-0.3, -0.25) is 9.52 Å². The van der Waals surface area contributed by atoms with Crippen molar-refractivity contribution in [2.24, 2.45) is 0 Å². The standard InChI is InChI=1S/C20H24N4O4S/c1-14-20(25)21-18-13-17(7-8-19(18)28-14)29(26,27)22-15-3-5-16(6-4-15)24-11-9-23(2)10-12-24/h3-8,13-14,22H,9-12H2,1-2H3,(H,21,25). The largest absolute Gasteiger partial charge is 0.479 e. The molecule has 2 N–H and O–H groups in total. The molecule has 2 aromatic carbocycles. The van der Waals surface area contributed by atoms with Gasteiger partial charge in [-0.05, 0) is 56.4 Å². The topological polar surface area (TPSA) is 91.0 Å². The Labute approximate surface area is 170 Å². The highest BCUT2D eigenvalue weighted by Crippen LogP contribution is 2.32. The highest BCUT2D eigenvalue weighted by molar-refractivity contribution is 7.92. The summed E-state index contributed by atoms with van der Waals surface area (Å²) in [6.07, 6.45) is -0.609. The molecular formula is C20H24N4O4S. The second-order valence-electron chi connectivity index (χ2n) is 7.35. The lowest BCUT2D eigenvalue weighted by molar-refractivity contribution is -0.122. The predicted octanol–water partition coefficient (Wildman–Crippen LogP) is 1.96. The number of nitrogens with one attached hydrogen (secondary N) is 2. The summed E-state index contributed by atoms with van der Waals surface area (Å²) in [6.45, 7) is 5.54. The third-order valence-electron chi connectivity index (χ3n) is 5.18. The first-order valence-corrected chi connectivity index (χ1v) is 11.0. The van der Waals surface area contributed by atoms with E-state index in [2.05, 4.69) is 26.9 Å². The molecule has 154 valence electrons. The summed E-state index contributed by atoms with van der Waals surface area (Å²) >= 11 is 0. The number of anilines is 3. The summed E-state index contributed by atoms with van der Waals surface area (Å²) in [4.78, 5) is 16.4. The van der Waals surface area contributed by atoms with Crippen LogP contribution < -0.4 is 19.7 Å². The van der Waals surface area contributed by atoms with E-state index in [9.17, 15) is 13.2 Å². The number of piperazine rings is 1. The minimum Gasteiger partial charge on any atom is -0.479 e. The Balaban J connectivity index is 1.49. The van der Waals surface area contributed by atoms with Gasteiger partial charge in [-0.2, -0.15) is 0 Å². The van der Waals surface area contributed by atoms with Crippen LogP contribution >= 0.6 is 0 Å². The summed E-state index contributed by atoms with van der Waals surface area (Å²) in [5.41, 5.74) is 1.90. The molecule has 1 amide bonds. The fourth-order valence-corrected chi connectivity index (χ4v) is 4.46. The molecular weight excluding hydrogens is 392 g/mol. The molecule has 0 spiro atoms. The number of hydrogen-bond donors (Lipinski definition) is 2. The highest BCUT2D eigenvalue weighted by Gasteiger charge is 2.25. The monoisotopic (exact) mass is 416 g/mol. The number of fused-ring (bicyclic) bond motifs is 1. The number of benzene rings is 2. The van der Waals surface area contributed by atoms with Gasteiger partial charge in [0.15, 0.2) is 6.10 Å². The Hall–Kier alpha value is -2.78. The molecule has 2 aliphatic heterocycles. The molecule has 2 heterocycles. The molecule has 9 heteroatoms. The lowest BCUT2D eigenvalue weighted by Crippen LogP contribution is -2.44. The van der Waals surface area contributed by atoms with E-state index in [1.165, 1.54) is 12.1 Å². The maximum Gasteiger partial charge on any atom is 0.265 e. The molecule has 1 saturated heterocycles. The van der Waals surface area contributed by atoms with Crippen LogP contribution in [0.3, 0.4) is 0 Å². The fourth-order valence-electron chi connectivity index (χ4n) is 3.37. The molecule has 0 bridgehead atoms. The van der Waals surface area contributed by atoms with Gasteiger partial charge in [-0.25, -0.2) is 8.42 Å². The molecule has 4 rings (SSSR count). The SMILES string of the molecule is CC1Oc2ccc(S(=O)(=O)Nc3ccc(N4CCN(C)CC4)cc3)cc2NC1=O. The van der Waals surface area contributed by atoms with Crippen LogP contribution in [0.15, 0.2) is 47.4 Å². The molecule has 2 aliphatic rings. The van der Waals surface area contributed by atoms with Crippen molar-refractivity contribution in [3.8, 4) is 5.75 Å². The molecule has 0 radical (unpaired) electrons. The van der Waals surface area contributed by atoms with Crippen LogP contribution in [0.25, 0.3) is 0 Å². The summed E-state index contributed by atoms with van der Waals surface area (Å²) in [6, 6.07) is 11.8. The van der Waals surface area contributed by atoms with Crippen LogP contribution in [-0.2, 0) is 14.8 Å². The minimum absolute atomic E-state index is 0.0536. The first-order valence-electron chi connectivity index (χ1n) is 9.50. The zero-order valence-electron chi connectivity index (χ0n) is 16.4. The van der Waals surface area contributed by atoms with Crippen molar-refractivity contribution >= 4 is 33.0 Å². The average molecular weight is 417 g/mol. The van der Waals surface area contributed by atoms with Gasteiger partial charge in [0, 0.05) is 37.6 Å². The van der Waals surface area contributed by atoms with Crippen LogP contribution in [0, 0.1) is 0 Å². The molecule has 1 atom stereocenters. The number of hydrogen-bond acceptors (Lipinski definition) is 6. The van der Waals surface area contributed by atoms with E-state index in [1.807, 2.05) is 12.1 Å². The molecule has 1 fully saturated rings. The minimum atomic E-state index is -3.80. The lowest BCUT2D eigenvalue weighted by atomic mass is 10.2. The van der Waals surface area contributed by atoms with E-state index in [-0.39, 0.29) is 10.8 Å². The molecule has 1 unspecified atom stereocenters. The molecule has 8 nitrogen and oxygen atoms in total. The Bertz CT molecular complexity index is 1020. The van der Waals surface area contributed by atoms with Crippen LogP contribution in [-0.4, -0.2) is 58.6 Å². The van der Waals surface area contributed by atoms with Gasteiger partial charge < -0.3 is 19.9 Å². The van der Waals surface area contributed by atoms with Gasteiger partial charge in [0.2, 0.25) is 0 Å². The van der Waals surface area contributed by atoms with E-state index in [0.29, 0.717) is 17.1 Å². The van der Waals surface area contributed by atoms with Crippen LogP contribution in [0.2, 0.25) is 0 Å². The predicted molar refractivity (Wildman–Crippen MR) is 112 cm³/mol. The van der Waals surface area contributed by atoms with Gasteiger partial charge in [0.05, 0.1) is 10.6 Å². The maximum atomic E-state index is 12.8. The third kappa shape index (κ3) is 4.15. The zero-order chi connectivity index (χ0) is 20.6. The number of carbonyl (C=O) groups excluding carboxylic acids is 1. The van der Waals surface area contributed by atoms with Gasteiger partial charge >= 0.3 is 0 Å². The third-order valence-corrected chi connectivity index (χ3v) is 6.56. The van der Waals surface area contributed by atoms with Crippen molar-refractivity contribution in [2.45, 2.75) is 17.9 Å². The van der Waals surface area contributed by atoms with E-state index in [4.69, 9.17) is 4.74 Å². The molecule has 2 aromatic rings. The second kappa shape index (κ2) is 7.57. The molecule has 0 aliphatic carbocycles. The van der Waals surface area contributed by atoms with Crippen LogP contribution in [0.5, 0.6) is 5.75 Å². The second-order valence-corrected chi connectivity index (χ2v) is 9.03. The van der Waals surface area contributed by atoms with Gasteiger partial charge in [-0.15, -0.1) is 0 Å². The van der Waals surface area contributed by atoms with Crippen molar-refractivity contribution in [1.82, 2.24) is 4.90 Å². The van der Waals surface area contributed by atoms with E-state index in [1.54, 1.807) is 25.1 Å². The summed E-state index contributed by atoms with van der Waals surface area (Å²) in [5.74, 6) is 0.145. The maximum absolute atomic E-state index is 12.8. The van der Waals surface area contributed by atoms with Crippen molar-refractivity contribution < 1.29 is 17.9 Å². The van der Waals surface area contributed by atoms with Crippen molar-refractivity contribution in [2.75, 3.05) is 48.2 Å². The summed E-state index contributed by atoms with van der Waals surface area (Å²) < 4.78 is 33.6. The summed E-state index contributed by atoms with van der Waals surface area (Å²) in [7, 11) is -1.69. The number of rotatable bonds is 4. The number of ether oxygens (including phenoxy) is 1. The van der Waals surface area contributed by atoms with Gasteiger partial charge in [0.25, 0.3) is 15.9 Å². The fraction of sp³-hybridized carbons (Fsp3) is 0.350. The number of nitrogens with zero attached hydrogens (tertiary/aromatic N) is 2. The molecule has 0 aromatic heterocycles. The smallest absolute Gasteiger partial charge is 0.265 e. The Kier molecular flexibility index (Phi) is 5.10. The number of likely N-dealkylation sites (N-methyl/N-ethyl adjacent to an activating group) is 1. The Morgan fingerprint density at radius 3 is 2.45 bits per heavy atom. The van der Waals surface area contributed by atoms with E-state index >= 15 is 0 Å². The van der Waals surface area contributed by atoms with Crippen LogP contribution in [0.4, 0.5) is 17.1 Å². The number of amides is 1. The highest BCUT2D eigenvalue weighted by atomic mass is 32.2. The van der Waals surface area contributed by atoms with Crippen molar-refractivity contribution in [3.63, 3.8) is 0 Å². The first-order chi connectivity index (χ1) is 13.8. The lowest BCUT2D eigenvalue weighted by Gasteiger charge is -2.34. The van der Waals surface area contributed by atoms with Crippen LogP contribution in [0.1, 0.15) is 6.92 Å². The summed E-state index contributed by atoms with van der Waals surface area (Å²) in [5, 5.41) is 2.67. The average Bonchev–Trinajstić information content (AvgIpc) is 2.69. The van der Waals surface area contributed by atoms with Gasteiger partial charge in [0.1, 0.15) is 5.75 Å². The molecule has 0 saturated carbocycles. The Morgan fingerprint density at radius 2 is 1.76 bits per heavy atom. The normalized spacial score (nSPS) is 19.9. The quantitative estimate of drug-likeness (QED) is 0.792. The number of sulfonamides is 1. The molecule has 29 heavy (non-hydrogen) atoms. The van der Waals surface area contributed by atoms with Gasteiger partial charge in [-0.1, -0.05) is 0 Å². The van der Waals surface area contributed by atoms with Crippen molar-refractivity contribution in [1.29, 1.82) is 0 Å². The zero-order valence-corrected chi connectivity index (χ0v) is 17.2. The van der Waals surface area contributed by atoms with E-state index in [0.717, 1.165) is 31.9 Å². The number of carbonyl (C=O) groups is 1. The van der Waals surface area contributed by atoms with E-state index < -0.39 is 16.1 Å².